The number of hydrogen-bond donors (Lipinski definition) is 1. The van der Waals surface area contributed by atoms with Gasteiger partial charge in [0.15, 0.2) is 5.76 Å². The highest BCUT2D eigenvalue weighted by atomic mass is 35.5. The van der Waals surface area contributed by atoms with E-state index in [9.17, 15) is 9.59 Å². The number of anilines is 2. The van der Waals surface area contributed by atoms with Gasteiger partial charge in [-0.25, -0.2) is 0 Å². The zero-order chi connectivity index (χ0) is 22.0. The molecule has 0 aliphatic carbocycles. The quantitative estimate of drug-likeness (QED) is 0.638. The second-order valence-electron chi connectivity index (χ2n) is 7.70. The number of piperazine rings is 1. The second kappa shape index (κ2) is 8.86. The van der Waals surface area contributed by atoms with Crippen LogP contribution >= 0.6 is 11.6 Å². The number of carbonyl (C=O) groups excluding carboxylic acids is 2. The van der Waals surface area contributed by atoms with E-state index in [0.717, 1.165) is 16.8 Å². The van der Waals surface area contributed by atoms with Crippen LogP contribution in [0.2, 0.25) is 5.02 Å². The smallest absolute Gasteiger partial charge is 0.289 e. The lowest BCUT2D eigenvalue weighted by atomic mass is 10.1. The van der Waals surface area contributed by atoms with Crippen LogP contribution in [0.4, 0.5) is 11.4 Å². The number of carbonyl (C=O) groups is 2. The highest BCUT2D eigenvalue weighted by Crippen LogP contribution is 2.30. The Morgan fingerprint density at radius 1 is 1.00 bits per heavy atom. The SMILES string of the molecule is Cc1ccc(C(=O)Nc2ccc(N3CCN(C(=O)c4ccco4)CC3)c(Cl)c2)c(C)c1. The molecule has 0 radical (unpaired) electrons. The van der Waals surface area contributed by atoms with Gasteiger partial charge < -0.3 is 19.5 Å². The molecule has 1 aliphatic rings. The summed E-state index contributed by atoms with van der Waals surface area (Å²) in [6.07, 6.45) is 1.50. The maximum Gasteiger partial charge on any atom is 0.289 e. The fraction of sp³-hybridized carbons (Fsp3) is 0.250. The molecular formula is C24H24ClN3O3. The number of furan rings is 1. The van der Waals surface area contributed by atoms with E-state index < -0.39 is 0 Å². The van der Waals surface area contributed by atoms with Crippen molar-refractivity contribution in [3.63, 3.8) is 0 Å². The maximum absolute atomic E-state index is 12.6. The molecule has 1 N–H and O–H groups in total. The third-order valence-corrected chi connectivity index (χ3v) is 5.77. The van der Waals surface area contributed by atoms with E-state index in [1.807, 2.05) is 44.2 Å². The Labute approximate surface area is 186 Å². The lowest BCUT2D eigenvalue weighted by molar-refractivity contribution is 0.0714. The summed E-state index contributed by atoms with van der Waals surface area (Å²) in [6, 6.07) is 14.7. The van der Waals surface area contributed by atoms with Crippen molar-refractivity contribution in [2.75, 3.05) is 36.4 Å². The number of benzene rings is 2. The van der Waals surface area contributed by atoms with Gasteiger partial charge in [0, 0.05) is 37.4 Å². The van der Waals surface area contributed by atoms with Crippen molar-refractivity contribution in [1.82, 2.24) is 4.90 Å². The molecule has 2 amide bonds. The van der Waals surface area contributed by atoms with E-state index in [4.69, 9.17) is 16.0 Å². The van der Waals surface area contributed by atoms with Gasteiger partial charge in [-0.15, -0.1) is 0 Å². The van der Waals surface area contributed by atoms with Crippen molar-refractivity contribution in [3.05, 3.63) is 82.3 Å². The molecule has 3 aromatic rings. The molecule has 2 aromatic carbocycles. The molecule has 31 heavy (non-hydrogen) atoms. The summed E-state index contributed by atoms with van der Waals surface area (Å²) in [5.74, 6) is 0.0990. The van der Waals surface area contributed by atoms with E-state index in [2.05, 4.69) is 10.2 Å². The van der Waals surface area contributed by atoms with Crippen LogP contribution in [0, 0.1) is 13.8 Å². The summed E-state index contributed by atoms with van der Waals surface area (Å²) in [7, 11) is 0. The molecule has 1 fully saturated rings. The molecule has 0 spiro atoms. The second-order valence-corrected chi connectivity index (χ2v) is 8.10. The molecule has 0 atom stereocenters. The summed E-state index contributed by atoms with van der Waals surface area (Å²) >= 11 is 6.54. The number of aryl methyl sites for hydroxylation is 2. The Bertz CT molecular complexity index is 1100. The predicted octanol–water partition coefficient (Wildman–Crippen LogP) is 4.76. The zero-order valence-corrected chi connectivity index (χ0v) is 18.3. The molecule has 6 nitrogen and oxygen atoms in total. The van der Waals surface area contributed by atoms with Crippen LogP contribution in [0.3, 0.4) is 0 Å². The molecular weight excluding hydrogens is 414 g/mol. The maximum atomic E-state index is 12.6. The van der Waals surface area contributed by atoms with Crippen molar-refractivity contribution in [3.8, 4) is 0 Å². The average Bonchev–Trinajstić information content (AvgIpc) is 3.28. The monoisotopic (exact) mass is 437 g/mol. The summed E-state index contributed by atoms with van der Waals surface area (Å²) in [5, 5.41) is 3.48. The van der Waals surface area contributed by atoms with Gasteiger partial charge in [0.25, 0.3) is 11.8 Å². The summed E-state index contributed by atoms with van der Waals surface area (Å²) in [6.45, 7) is 6.43. The first-order valence-corrected chi connectivity index (χ1v) is 10.6. The molecule has 0 saturated carbocycles. The number of hydrogen-bond acceptors (Lipinski definition) is 4. The van der Waals surface area contributed by atoms with Crippen LogP contribution in [-0.4, -0.2) is 42.9 Å². The first-order valence-electron chi connectivity index (χ1n) is 10.2. The lowest BCUT2D eigenvalue weighted by Crippen LogP contribution is -2.48. The molecule has 4 rings (SSSR count). The fourth-order valence-corrected chi connectivity index (χ4v) is 4.11. The van der Waals surface area contributed by atoms with Crippen LogP contribution < -0.4 is 10.2 Å². The van der Waals surface area contributed by atoms with Gasteiger partial charge in [0.2, 0.25) is 0 Å². The third kappa shape index (κ3) is 4.59. The largest absolute Gasteiger partial charge is 0.459 e. The van der Waals surface area contributed by atoms with Crippen molar-refractivity contribution in [2.24, 2.45) is 0 Å². The first-order chi connectivity index (χ1) is 14.9. The molecule has 1 saturated heterocycles. The number of nitrogens with one attached hydrogen (secondary N) is 1. The van der Waals surface area contributed by atoms with Crippen LogP contribution in [-0.2, 0) is 0 Å². The molecule has 1 aliphatic heterocycles. The highest BCUT2D eigenvalue weighted by Gasteiger charge is 2.24. The predicted molar refractivity (Wildman–Crippen MR) is 122 cm³/mol. The molecule has 160 valence electrons. The highest BCUT2D eigenvalue weighted by molar-refractivity contribution is 6.33. The zero-order valence-electron chi connectivity index (χ0n) is 17.5. The molecule has 0 bridgehead atoms. The molecule has 0 unspecified atom stereocenters. The van der Waals surface area contributed by atoms with E-state index in [1.165, 1.54) is 6.26 Å². The number of halogens is 1. The molecule has 2 heterocycles. The summed E-state index contributed by atoms with van der Waals surface area (Å²) < 4.78 is 5.21. The van der Waals surface area contributed by atoms with Crippen LogP contribution in [0.5, 0.6) is 0 Å². The van der Waals surface area contributed by atoms with E-state index >= 15 is 0 Å². The Morgan fingerprint density at radius 3 is 2.42 bits per heavy atom. The minimum absolute atomic E-state index is 0.0970. The van der Waals surface area contributed by atoms with Crippen molar-refractivity contribution in [2.45, 2.75) is 13.8 Å². The first kappa shape index (κ1) is 21.0. The van der Waals surface area contributed by atoms with Gasteiger partial charge >= 0.3 is 0 Å². The van der Waals surface area contributed by atoms with Gasteiger partial charge in [-0.05, 0) is 55.8 Å². The Kier molecular flexibility index (Phi) is 6.00. The van der Waals surface area contributed by atoms with Crippen LogP contribution in [0.15, 0.2) is 59.2 Å². The van der Waals surface area contributed by atoms with Crippen molar-refractivity contribution < 1.29 is 14.0 Å². The standard InChI is InChI=1S/C24H24ClN3O3/c1-16-5-7-19(17(2)14-16)23(29)26-18-6-8-21(20(25)15-18)27-9-11-28(12-10-27)24(30)22-4-3-13-31-22/h3-8,13-15H,9-12H2,1-2H3,(H,26,29). The molecule has 7 heteroatoms. The third-order valence-electron chi connectivity index (χ3n) is 5.47. The van der Waals surface area contributed by atoms with E-state index in [-0.39, 0.29) is 11.8 Å². The van der Waals surface area contributed by atoms with Crippen molar-refractivity contribution in [1.29, 1.82) is 0 Å². The molecule has 1 aromatic heterocycles. The Morgan fingerprint density at radius 2 is 1.77 bits per heavy atom. The summed E-state index contributed by atoms with van der Waals surface area (Å²) in [5.41, 5.74) is 4.22. The van der Waals surface area contributed by atoms with Gasteiger partial charge in [-0.2, -0.15) is 0 Å². The minimum Gasteiger partial charge on any atom is -0.459 e. The van der Waals surface area contributed by atoms with Gasteiger partial charge in [0.05, 0.1) is 17.0 Å². The van der Waals surface area contributed by atoms with E-state index in [0.29, 0.717) is 48.2 Å². The Balaban J connectivity index is 1.40. The lowest BCUT2D eigenvalue weighted by Gasteiger charge is -2.36. The van der Waals surface area contributed by atoms with Crippen molar-refractivity contribution >= 4 is 34.8 Å². The topological polar surface area (TPSA) is 65.8 Å². The fourth-order valence-electron chi connectivity index (χ4n) is 3.81. The van der Waals surface area contributed by atoms with Crippen LogP contribution in [0.25, 0.3) is 0 Å². The van der Waals surface area contributed by atoms with Gasteiger partial charge in [-0.1, -0.05) is 29.3 Å². The van der Waals surface area contributed by atoms with Gasteiger partial charge in [-0.3, -0.25) is 9.59 Å². The minimum atomic E-state index is -0.161. The van der Waals surface area contributed by atoms with Crippen LogP contribution in [0.1, 0.15) is 32.0 Å². The average molecular weight is 438 g/mol. The van der Waals surface area contributed by atoms with E-state index in [1.54, 1.807) is 23.1 Å². The normalized spacial score (nSPS) is 13.9. The number of rotatable bonds is 4. The van der Waals surface area contributed by atoms with Gasteiger partial charge in [0.1, 0.15) is 0 Å². The number of nitrogens with zero attached hydrogens (tertiary/aromatic N) is 2. The Hall–Kier alpha value is -3.25. The number of amides is 2. The summed E-state index contributed by atoms with van der Waals surface area (Å²) in [4.78, 5) is 29.0.